The van der Waals surface area contributed by atoms with Crippen LogP contribution < -0.4 is 10.1 Å². The molecule has 1 N–H and O–H groups in total. The highest BCUT2D eigenvalue weighted by Gasteiger charge is 2.31. The number of hydrogen-bond donors (Lipinski definition) is 1. The topological polar surface area (TPSA) is 21.3 Å². The predicted octanol–water partition coefficient (Wildman–Crippen LogP) is 4.34. The van der Waals surface area contributed by atoms with Gasteiger partial charge in [0.05, 0.1) is 0 Å². The SMILES string of the molecule is CCNC(c1ccc2c(c1)CC(C)(C)O2)C(C)C(C)C. The van der Waals surface area contributed by atoms with Crippen LogP contribution in [0.25, 0.3) is 0 Å². The third kappa shape index (κ3) is 3.17. The normalized spacial score (nSPS) is 19.6. The Bertz CT molecular complexity index is 464. The Morgan fingerprint density at radius 2 is 1.95 bits per heavy atom. The van der Waals surface area contributed by atoms with Crippen LogP contribution in [0.15, 0.2) is 18.2 Å². The highest BCUT2D eigenvalue weighted by atomic mass is 16.5. The molecule has 1 aliphatic heterocycles. The highest BCUT2D eigenvalue weighted by molar-refractivity contribution is 5.42. The summed E-state index contributed by atoms with van der Waals surface area (Å²) in [6, 6.07) is 7.15. The number of nitrogens with one attached hydrogen (secondary N) is 1. The van der Waals surface area contributed by atoms with E-state index in [0.29, 0.717) is 17.9 Å². The van der Waals surface area contributed by atoms with Gasteiger partial charge >= 0.3 is 0 Å². The first-order chi connectivity index (χ1) is 9.34. The van der Waals surface area contributed by atoms with Crippen LogP contribution in [0.5, 0.6) is 5.75 Å². The number of rotatable bonds is 5. The van der Waals surface area contributed by atoms with Crippen LogP contribution in [0.4, 0.5) is 0 Å². The van der Waals surface area contributed by atoms with Gasteiger partial charge in [0.25, 0.3) is 0 Å². The Balaban J connectivity index is 2.28. The van der Waals surface area contributed by atoms with Crippen LogP contribution in [-0.4, -0.2) is 12.1 Å². The van der Waals surface area contributed by atoms with Gasteiger partial charge in [-0.1, -0.05) is 39.8 Å². The van der Waals surface area contributed by atoms with Gasteiger partial charge in [0.1, 0.15) is 11.4 Å². The molecular formula is C18H29NO. The Morgan fingerprint density at radius 1 is 1.25 bits per heavy atom. The largest absolute Gasteiger partial charge is 0.487 e. The number of fused-ring (bicyclic) bond motifs is 1. The lowest BCUT2D eigenvalue weighted by Gasteiger charge is -2.28. The first-order valence-corrected chi connectivity index (χ1v) is 7.89. The third-order valence-corrected chi connectivity index (χ3v) is 4.45. The van der Waals surface area contributed by atoms with Crippen molar-refractivity contribution in [3.8, 4) is 5.75 Å². The fraction of sp³-hybridized carbons (Fsp3) is 0.667. The summed E-state index contributed by atoms with van der Waals surface area (Å²) in [7, 11) is 0. The second-order valence-electron chi connectivity index (χ2n) is 7.04. The van der Waals surface area contributed by atoms with E-state index in [1.54, 1.807) is 0 Å². The van der Waals surface area contributed by atoms with Crippen molar-refractivity contribution in [3.63, 3.8) is 0 Å². The zero-order valence-corrected chi connectivity index (χ0v) is 13.8. The Morgan fingerprint density at radius 3 is 2.55 bits per heavy atom. The van der Waals surface area contributed by atoms with Crippen molar-refractivity contribution in [3.05, 3.63) is 29.3 Å². The second-order valence-corrected chi connectivity index (χ2v) is 7.04. The molecule has 0 bridgehead atoms. The average Bonchev–Trinajstić information content (AvgIpc) is 2.67. The van der Waals surface area contributed by atoms with E-state index >= 15 is 0 Å². The molecule has 0 saturated heterocycles. The summed E-state index contributed by atoms with van der Waals surface area (Å²) in [4.78, 5) is 0. The van der Waals surface area contributed by atoms with Gasteiger partial charge in [-0.15, -0.1) is 0 Å². The lowest BCUT2D eigenvalue weighted by Crippen LogP contribution is -2.29. The van der Waals surface area contributed by atoms with E-state index in [2.05, 4.69) is 65.1 Å². The molecule has 0 aliphatic carbocycles. The van der Waals surface area contributed by atoms with Gasteiger partial charge in [0.2, 0.25) is 0 Å². The Hall–Kier alpha value is -1.02. The van der Waals surface area contributed by atoms with E-state index in [4.69, 9.17) is 4.74 Å². The van der Waals surface area contributed by atoms with Crippen molar-refractivity contribution in [1.82, 2.24) is 5.32 Å². The van der Waals surface area contributed by atoms with Gasteiger partial charge in [-0.25, -0.2) is 0 Å². The standard InChI is InChI=1S/C18H29NO/c1-7-19-17(13(4)12(2)3)14-8-9-16-15(10-14)11-18(5,6)20-16/h8-10,12-13,17,19H,7,11H2,1-6H3. The van der Waals surface area contributed by atoms with Crippen molar-refractivity contribution in [2.24, 2.45) is 11.8 Å². The molecule has 0 aromatic heterocycles. The number of hydrogen-bond acceptors (Lipinski definition) is 2. The molecule has 0 spiro atoms. The first-order valence-electron chi connectivity index (χ1n) is 7.89. The van der Waals surface area contributed by atoms with Crippen molar-refractivity contribution < 1.29 is 4.74 Å². The van der Waals surface area contributed by atoms with E-state index in [1.165, 1.54) is 11.1 Å². The molecule has 0 fully saturated rings. The number of ether oxygens (including phenoxy) is 1. The van der Waals surface area contributed by atoms with Gasteiger partial charge in [-0.05, 0) is 49.4 Å². The van der Waals surface area contributed by atoms with Crippen LogP contribution in [0.3, 0.4) is 0 Å². The number of benzene rings is 1. The van der Waals surface area contributed by atoms with E-state index in [0.717, 1.165) is 18.7 Å². The summed E-state index contributed by atoms with van der Waals surface area (Å²) in [6.45, 7) is 14.4. The zero-order chi connectivity index (χ0) is 14.9. The fourth-order valence-electron chi connectivity index (χ4n) is 3.04. The molecule has 1 aromatic carbocycles. The quantitative estimate of drug-likeness (QED) is 0.863. The lowest BCUT2D eigenvalue weighted by atomic mass is 9.85. The van der Waals surface area contributed by atoms with Crippen molar-refractivity contribution in [2.45, 2.75) is 59.6 Å². The predicted molar refractivity (Wildman–Crippen MR) is 85.3 cm³/mol. The van der Waals surface area contributed by atoms with Crippen LogP contribution in [-0.2, 0) is 6.42 Å². The molecule has 2 atom stereocenters. The maximum Gasteiger partial charge on any atom is 0.123 e. The molecule has 0 amide bonds. The van der Waals surface area contributed by atoms with E-state index in [-0.39, 0.29) is 5.60 Å². The smallest absolute Gasteiger partial charge is 0.123 e. The molecule has 2 rings (SSSR count). The van der Waals surface area contributed by atoms with E-state index in [9.17, 15) is 0 Å². The van der Waals surface area contributed by atoms with E-state index in [1.807, 2.05) is 0 Å². The summed E-state index contributed by atoms with van der Waals surface area (Å²) < 4.78 is 5.98. The van der Waals surface area contributed by atoms with Crippen molar-refractivity contribution >= 4 is 0 Å². The zero-order valence-electron chi connectivity index (χ0n) is 13.8. The molecule has 2 heteroatoms. The molecule has 2 nitrogen and oxygen atoms in total. The van der Waals surface area contributed by atoms with E-state index < -0.39 is 0 Å². The fourth-order valence-corrected chi connectivity index (χ4v) is 3.04. The van der Waals surface area contributed by atoms with Gasteiger partial charge in [-0.2, -0.15) is 0 Å². The summed E-state index contributed by atoms with van der Waals surface area (Å²) >= 11 is 0. The minimum Gasteiger partial charge on any atom is -0.487 e. The molecule has 112 valence electrons. The Kier molecular flexibility index (Phi) is 4.43. The minimum atomic E-state index is -0.0572. The molecule has 2 unspecified atom stereocenters. The maximum absolute atomic E-state index is 5.98. The van der Waals surface area contributed by atoms with Crippen LogP contribution >= 0.6 is 0 Å². The van der Waals surface area contributed by atoms with Gasteiger partial charge in [0, 0.05) is 12.5 Å². The highest BCUT2D eigenvalue weighted by Crippen LogP contribution is 2.37. The summed E-state index contributed by atoms with van der Waals surface area (Å²) in [5.74, 6) is 2.34. The van der Waals surface area contributed by atoms with Gasteiger partial charge < -0.3 is 10.1 Å². The van der Waals surface area contributed by atoms with Crippen LogP contribution in [0.1, 0.15) is 58.7 Å². The minimum absolute atomic E-state index is 0.0572. The maximum atomic E-state index is 5.98. The third-order valence-electron chi connectivity index (χ3n) is 4.45. The molecular weight excluding hydrogens is 246 g/mol. The van der Waals surface area contributed by atoms with Gasteiger partial charge in [-0.3, -0.25) is 0 Å². The molecule has 0 radical (unpaired) electrons. The molecule has 1 aliphatic rings. The second kappa shape index (κ2) is 5.77. The van der Waals surface area contributed by atoms with Crippen LogP contribution in [0, 0.1) is 11.8 Å². The Labute approximate surface area is 123 Å². The van der Waals surface area contributed by atoms with Crippen molar-refractivity contribution in [2.75, 3.05) is 6.54 Å². The van der Waals surface area contributed by atoms with Gasteiger partial charge in [0.15, 0.2) is 0 Å². The lowest BCUT2D eigenvalue weighted by molar-refractivity contribution is 0.138. The molecule has 0 saturated carbocycles. The molecule has 1 aromatic rings. The summed E-state index contributed by atoms with van der Waals surface area (Å²) in [6.07, 6.45) is 1.01. The van der Waals surface area contributed by atoms with Crippen molar-refractivity contribution in [1.29, 1.82) is 0 Å². The van der Waals surface area contributed by atoms with Crippen LogP contribution in [0.2, 0.25) is 0 Å². The summed E-state index contributed by atoms with van der Waals surface area (Å²) in [5, 5.41) is 3.65. The first kappa shape index (κ1) is 15.4. The average molecular weight is 275 g/mol. The summed E-state index contributed by atoms with van der Waals surface area (Å²) in [5.41, 5.74) is 2.69. The molecule has 20 heavy (non-hydrogen) atoms. The molecule has 1 heterocycles. The monoisotopic (exact) mass is 275 g/mol.